The molecule has 0 aliphatic heterocycles. The van der Waals surface area contributed by atoms with Gasteiger partial charge in [0.1, 0.15) is 0 Å². The average molecular weight is 287 g/mol. The molecule has 1 atom stereocenters. The first-order valence-corrected chi connectivity index (χ1v) is 6.58. The number of amides is 3. The van der Waals surface area contributed by atoms with Crippen LogP contribution in [0, 0.1) is 11.8 Å². The van der Waals surface area contributed by atoms with Crippen molar-refractivity contribution in [3.63, 3.8) is 0 Å². The monoisotopic (exact) mass is 287 g/mol. The minimum Gasteiger partial charge on any atom is -0.481 e. The van der Waals surface area contributed by atoms with Crippen LogP contribution in [0.2, 0.25) is 0 Å². The first-order chi connectivity index (χ1) is 9.03. The number of nitrogens with one attached hydrogen (secondary N) is 3. The summed E-state index contributed by atoms with van der Waals surface area (Å²) < 4.78 is 0. The third-order valence-corrected chi connectivity index (χ3v) is 2.53. The molecular weight excluding hydrogens is 262 g/mol. The van der Waals surface area contributed by atoms with Gasteiger partial charge in [-0.3, -0.25) is 9.59 Å². The summed E-state index contributed by atoms with van der Waals surface area (Å²) in [5, 5.41) is 16.5. The lowest BCUT2D eigenvalue weighted by Crippen LogP contribution is -2.48. The number of carboxylic acid groups (broad SMARTS) is 1. The van der Waals surface area contributed by atoms with Crippen molar-refractivity contribution in [1.82, 2.24) is 16.0 Å². The van der Waals surface area contributed by atoms with Crippen LogP contribution in [0.1, 0.15) is 34.6 Å². The molecule has 0 saturated heterocycles. The third-order valence-electron chi connectivity index (χ3n) is 2.53. The Labute approximate surface area is 119 Å². The third kappa shape index (κ3) is 8.34. The first kappa shape index (κ1) is 18.2. The van der Waals surface area contributed by atoms with Crippen LogP contribution in [-0.2, 0) is 9.59 Å². The van der Waals surface area contributed by atoms with E-state index in [9.17, 15) is 14.4 Å². The fraction of sp³-hybridized carbons (Fsp3) is 0.769. The number of hydrogen-bond donors (Lipinski definition) is 4. The maximum Gasteiger partial charge on any atom is 0.315 e. The fourth-order valence-electron chi connectivity index (χ4n) is 1.50. The molecule has 0 radical (unpaired) electrons. The second-order valence-electron chi connectivity index (χ2n) is 6.05. The molecule has 0 spiro atoms. The van der Waals surface area contributed by atoms with Crippen molar-refractivity contribution in [2.75, 3.05) is 13.1 Å². The van der Waals surface area contributed by atoms with Gasteiger partial charge in [-0.2, -0.15) is 0 Å². The lowest BCUT2D eigenvalue weighted by molar-refractivity contribution is -0.143. The smallest absolute Gasteiger partial charge is 0.315 e. The van der Waals surface area contributed by atoms with Crippen molar-refractivity contribution in [2.45, 2.75) is 40.2 Å². The van der Waals surface area contributed by atoms with E-state index in [1.165, 1.54) is 0 Å². The molecule has 4 N–H and O–H groups in total. The quantitative estimate of drug-likeness (QED) is 0.572. The second-order valence-corrected chi connectivity index (χ2v) is 6.05. The number of carboxylic acids is 1. The van der Waals surface area contributed by atoms with E-state index in [4.69, 9.17) is 5.11 Å². The number of carbonyl (C=O) groups is 3. The number of urea groups is 1. The SMILES string of the molecule is CC(C)C(CNC(=O)NCC(=O)NC(C)(C)C)C(=O)O. The Balaban J connectivity index is 4.06. The van der Waals surface area contributed by atoms with Gasteiger partial charge in [0.15, 0.2) is 0 Å². The molecule has 0 rings (SSSR count). The van der Waals surface area contributed by atoms with Crippen LogP contribution in [0.5, 0.6) is 0 Å². The van der Waals surface area contributed by atoms with E-state index in [0.717, 1.165) is 0 Å². The molecule has 0 aromatic carbocycles. The van der Waals surface area contributed by atoms with Gasteiger partial charge >= 0.3 is 12.0 Å². The van der Waals surface area contributed by atoms with Gasteiger partial charge in [0.2, 0.25) is 5.91 Å². The standard InChI is InChI=1S/C13H25N3O4/c1-8(2)9(11(18)19)6-14-12(20)15-7-10(17)16-13(3,4)5/h8-9H,6-7H2,1-5H3,(H,16,17)(H,18,19)(H2,14,15,20). The second kappa shape index (κ2) is 7.72. The summed E-state index contributed by atoms with van der Waals surface area (Å²) in [7, 11) is 0. The summed E-state index contributed by atoms with van der Waals surface area (Å²) in [6.07, 6.45) is 0. The predicted molar refractivity (Wildman–Crippen MR) is 75.3 cm³/mol. The van der Waals surface area contributed by atoms with Gasteiger partial charge in [0.25, 0.3) is 0 Å². The molecule has 0 fully saturated rings. The van der Waals surface area contributed by atoms with Gasteiger partial charge in [-0.25, -0.2) is 4.79 Å². The Kier molecular flexibility index (Phi) is 7.02. The predicted octanol–water partition coefficient (Wildman–Crippen LogP) is 0.557. The zero-order valence-electron chi connectivity index (χ0n) is 12.7. The molecule has 20 heavy (non-hydrogen) atoms. The van der Waals surface area contributed by atoms with Crippen LogP contribution in [0.25, 0.3) is 0 Å². The lowest BCUT2D eigenvalue weighted by atomic mass is 9.96. The normalized spacial score (nSPS) is 12.7. The summed E-state index contributed by atoms with van der Waals surface area (Å²) >= 11 is 0. The Morgan fingerprint density at radius 1 is 1.10 bits per heavy atom. The van der Waals surface area contributed by atoms with Crippen molar-refractivity contribution in [3.05, 3.63) is 0 Å². The van der Waals surface area contributed by atoms with E-state index in [-0.39, 0.29) is 30.5 Å². The lowest BCUT2D eigenvalue weighted by Gasteiger charge is -2.21. The van der Waals surface area contributed by atoms with Gasteiger partial charge in [-0.1, -0.05) is 13.8 Å². The summed E-state index contributed by atoms with van der Waals surface area (Å²) in [5.41, 5.74) is -0.360. The van der Waals surface area contributed by atoms with Crippen molar-refractivity contribution >= 4 is 17.9 Å². The molecule has 0 aliphatic carbocycles. The van der Waals surface area contributed by atoms with Crippen molar-refractivity contribution < 1.29 is 19.5 Å². The molecule has 7 nitrogen and oxygen atoms in total. The van der Waals surface area contributed by atoms with Crippen molar-refractivity contribution in [2.24, 2.45) is 11.8 Å². The fourth-order valence-corrected chi connectivity index (χ4v) is 1.50. The summed E-state index contributed by atoms with van der Waals surface area (Å²) in [6, 6.07) is -0.555. The zero-order chi connectivity index (χ0) is 15.9. The number of hydrogen-bond acceptors (Lipinski definition) is 3. The molecule has 116 valence electrons. The van der Waals surface area contributed by atoms with Gasteiger partial charge < -0.3 is 21.1 Å². The highest BCUT2D eigenvalue weighted by Crippen LogP contribution is 2.09. The van der Waals surface area contributed by atoms with E-state index < -0.39 is 17.9 Å². The Morgan fingerprint density at radius 2 is 1.65 bits per heavy atom. The van der Waals surface area contributed by atoms with E-state index >= 15 is 0 Å². The Bertz CT molecular complexity index is 361. The topological polar surface area (TPSA) is 108 Å². The van der Waals surface area contributed by atoms with E-state index in [2.05, 4.69) is 16.0 Å². The van der Waals surface area contributed by atoms with Crippen LogP contribution >= 0.6 is 0 Å². The van der Waals surface area contributed by atoms with E-state index in [0.29, 0.717) is 0 Å². The molecule has 0 heterocycles. The number of rotatable bonds is 6. The molecule has 0 saturated carbocycles. The molecule has 0 aliphatic rings. The van der Waals surface area contributed by atoms with Gasteiger partial charge in [0.05, 0.1) is 12.5 Å². The zero-order valence-corrected chi connectivity index (χ0v) is 12.7. The molecule has 3 amide bonds. The van der Waals surface area contributed by atoms with Crippen molar-refractivity contribution in [3.8, 4) is 0 Å². The van der Waals surface area contributed by atoms with Crippen LogP contribution in [0.15, 0.2) is 0 Å². The summed E-state index contributed by atoms with van der Waals surface area (Å²) in [5.74, 6) is -1.99. The van der Waals surface area contributed by atoms with Crippen LogP contribution < -0.4 is 16.0 Å². The average Bonchev–Trinajstić information content (AvgIpc) is 2.23. The van der Waals surface area contributed by atoms with E-state index in [1.807, 2.05) is 20.8 Å². The molecule has 0 aromatic rings. The van der Waals surface area contributed by atoms with Crippen LogP contribution in [-0.4, -0.2) is 41.6 Å². The maximum absolute atomic E-state index is 11.5. The molecular formula is C13H25N3O4. The highest BCUT2D eigenvalue weighted by atomic mass is 16.4. The molecule has 0 bridgehead atoms. The van der Waals surface area contributed by atoms with Crippen molar-refractivity contribution in [1.29, 1.82) is 0 Å². The Hall–Kier alpha value is -1.79. The Morgan fingerprint density at radius 3 is 2.05 bits per heavy atom. The number of aliphatic carboxylic acids is 1. The highest BCUT2D eigenvalue weighted by molar-refractivity contribution is 5.84. The largest absolute Gasteiger partial charge is 0.481 e. The van der Waals surface area contributed by atoms with E-state index in [1.54, 1.807) is 13.8 Å². The number of carbonyl (C=O) groups excluding carboxylic acids is 2. The molecule has 0 aromatic heterocycles. The minimum atomic E-state index is -0.953. The summed E-state index contributed by atoms with van der Waals surface area (Å²) in [6.45, 7) is 8.94. The van der Waals surface area contributed by atoms with Gasteiger partial charge in [-0.15, -0.1) is 0 Å². The highest BCUT2D eigenvalue weighted by Gasteiger charge is 2.22. The van der Waals surface area contributed by atoms with Gasteiger partial charge in [-0.05, 0) is 26.7 Å². The van der Waals surface area contributed by atoms with Gasteiger partial charge in [0, 0.05) is 12.1 Å². The first-order valence-electron chi connectivity index (χ1n) is 6.58. The maximum atomic E-state index is 11.5. The van der Waals surface area contributed by atoms with Crippen LogP contribution in [0.3, 0.4) is 0 Å². The van der Waals surface area contributed by atoms with Crippen LogP contribution in [0.4, 0.5) is 4.79 Å². The minimum absolute atomic E-state index is 0.0275. The summed E-state index contributed by atoms with van der Waals surface area (Å²) in [4.78, 5) is 33.9. The molecule has 7 heteroatoms. The molecule has 1 unspecified atom stereocenters.